The van der Waals surface area contributed by atoms with E-state index < -0.39 is 0 Å². The number of methoxy groups -OCH3 is 3. The number of benzene rings is 1. The lowest BCUT2D eigenvalue weighted by Gasteiger charge is -2.29. The summed E-state index contributed by atoms with van der Waals surface area (Å²) in [7, 11) is 6.29. The Bertz CT molecular complexity index is 529. The molecule has 0 saturated carbocycles. The van der Waals surface area contributed by atoms with Crippen molar-refractivity contribution < 1.29 is 19.0 Å². The first-order valence-electron chi connectivity index (χ1n) is 7.05. The molecular weight excluding hydrogens is 284 g/mol. The van der Waals surface area contributed by atoms with Crippen molar-refractivity contribution >= 4 is 5.91 Å². The van der Waals surface area contributed by atoms with Gasteiger partial charge in [-0.25, -0.2) is 0 Å². The van der Waals surface area contributed by atoms with Crippen molar-refractivity contribution in [1.29, 1.82) is 0 Å². The smallest absolute Gasteiger partial charge is 0.257 e. The Morgan fingerprint density at radius 3 is 2.18 bits per heavy atom. The van der Waals surface area contributed by atoms with Crippen molar-refractivity contribution in [2.45, 2.75) is 13.8 Å². The lowest BCUT2D eigenvalue weighted by atomic mass is 9.93. The molecule has 22 heavy (non-hydrogen) atoms. The van der Waals surface area contributed by atoms with Gasteiger partial charge in [0.2, 0.25) is 5.75 Å². The van der Waals surface area contributed by atoms with Crippen LogP contribution in [0.4, 0.5) is 0 Å². The third kappa shape index (κ3) is 3.82. The molecule has 0 heterocycles. The molecule has 0 spiro atoms. The van der Waals surface area contributed by atoms with Gasteiger partial charge >= 0.3 is 0 Å². The minimum Gasteiger partial charge on any atom is -0.493 e. The quantitative estimate of drug-likeness (QED) is 0.831. The molecule has 1 amide bonds. The topological polar surface area (TPSA) is 74.0 Å². The van der Waals surface area contributed by atoms with Crippen LogP contribution in [0.3, 0.4) is 0 Å². The highest BCUT2D eigenvalue weighted by molar-refractivity contribution is 5.98. The van der Waals surface area contributed by atoms with E-state index in [1.54, 1.807) is 24.1 Å². The Kier molecular flexibility index (Phi) is 6.05. The van der Waals surface area contributed by atoms with Gasteiger partial charge in [-0.05, 0) is 24.1 Å². The Balaban J connectivity index is 3.18. The van der Waals surface area contributed by atoms with Crippen LogP contribution >= 0.6 is 0 Å². The molecule has 0 aromatic heterocycles. The summed E-state index contributed by atoms with van der Waals surface area (Å²) >= 11 is 0. The number of amides is 1. The molecule has 0 atom stereocenters. The van der Waals surface area contributed by atoms with E-state index in [9.17, 15) is 4.79 Å². The van der Waals surface area contributed by atoms with Gasteiger partial charge < -0.3 is 24.8 Å². The van der Waals surface area contributed by atoms with E-state index in [2.05, 4.69) is 0 Å². The summed E-state index contributed by atoms with van der Waals surface area (Å²) in [6.07, 6.45) is 0. The van der Waals surface area contributed by atoms with E-state index in [1.165, 1.54) is 21.3 Å². The summed E-state index contributed by atoms with van der Waals surface area (Å²) in [5.41, 5.74) is 6.00. The molecule has 1 aromatic rings. The van der Waals surface area contributed by atoms with Gasteiger partial charge in [0.1, 0.15) is 0 Å². The lowest BCUT2D eigenvalue weighted by Crippen LogP contribution is -2.39. The Morgan fingerprint density at radius 1 is 1.14 bits per heavy atom. The zero-order valence-electron chi connectivity index (χ0n) is 14.2. The number of carbonyl (C=O) groups is 1. The van der Waals surface area contributed by atoms with Gasteiger partial charge in [0.05, 0.1) is 26.9 Å². The second kappa shape index (κ2) is 7.35. The fourth-order valence-corrected chi connectivity index (χ4v) is 2.25. The fraction of sp³-hybridized carbons (Fsp3) is 0.562. The fourth-order valence-electron chi connectivity index (χ4n) is 2.25. The molecule has 0 unspecified atom stereocenters. The van der Waals surface area contributed by atoms with Crippen LogP contribution in [0.5, 0.6) is 17.2 Å². The molecule has 0 aliphatic carbocycles. The van der Waals surface area contributed by atoms with Crippen LogP contribution in [-0.4, -0.2) is 52.3 Å². The first-order chi connectivity index (χ1) is 10.3. The third-order valence-electron chi connectivity index (χ3n) is 3.50. The highest BCUT2D eigenvalue weighted by Gasteiger charge is 2.26. The van der Waals surface area contributed by atoms with Crippen LogP contribution in [0.1, 0.15) is 24.2 Å². The predicted molar refractivity (Wildman–Crippen MR) is 85.9 cm³/mol. The maximum Gasteiger partial charge on any atom is 0.257 e. The van der Waals surface area contributed by atoms with Crippen LogP contribution in [-0.2, 0) is 0 Å². The molecule has 1 rings (SSSR count). The van der Waals surface area contributed by atoms with Gasteiger partial charge in [-0.2, -0.15) is 0 Å². The zero-order valence-corrected chi connectivity index (χ0v) is 14.2. The highest BCUT2D eigenvalue weighted by Crippen LogP contribution is 2.40. The van der Waals surface area contributed by atoms with Crippen molar-refractivity contribution in [1.82, 2.24) is 4.90 Å². The predicted octanol–water partition coefficient (Wildman–Crippen LogP) is 1.77. The molecule has 6 heteroatoms. The molecule has 0 aliphatic heterocycles. The number of nitrogens with two attached hydrogens (primary N) is 1. The summed E-state index contributed by atoms with van der Waals surface area (Å²) in [5, 5.41) is 0. The second-order valence-electron chi connectivity index (χ2n) is 5.91. The number of rotatable bonds is 7. The normalized spacial score (nSPS) is 11.0. The molecule has 124 valence electrons. The Labute approximate surface area is 132 Å². The summed E-state index contributed by atoms with van der Waals surface area (Å²) < 4.78 is 15.9. The Morgan fingerprint density at radius 2 is 1.73 bits per heavy atom. The molecule has 0 saturated heterocycles. The van der Waals surface area contributed by atoms with Crippen LogP contribution in [0.25, 0.3) is 0 Å². The molecular formula is C16H26N2O4. The van der Waals surface area contributed by atoms with E-state index in [1.807, 2.05) is 13.8 Å². The molecule has 0 fully saturated rings. The van der Waals surface area contributed by atoms with E-state index in [4.69, 9.17) is 19.9 Å². The van der Waals surface area contributed by atoms with Crippen LogP contribution in [0, 0.1) is 5.41 Å². The average Bonchev–Trinajstić information content (AvgIpc) is 2.51. The minimum atomic E-state index is -0.159. The molecule has 0 aliphatic rings. The van der Waals surface area contributed by atoms with Crippen molar-refractivity contribution in [2.24, 2.45) is 11.1 Å². The largest absolute Gasteiger partial charge is 0.493 e. The summed E-state index contributed by atoms with van der Waals surface area (Å²) in [5.74, 6) is 1.13. The molecule has 2 N–H and O–H groups in total. The number of ether oxygens (including phenoxy) is 3. The van der Waals surface area contributed by atoms with Gasteiger partial charge in [-0.3, -0.25) is 4.79 Å². The first kappa shape index (κ1) is 18.1. The number of carbonyl (C=O) groups excluding carboxylic acids is 1. The van der Waals surface area contributed by atoms with Crippen LogP contribution < -0.4 is 19.9 Å². The standard InChI is InChI=1S/C16H26N2O4/c1-16(2,9-17)10-18(3)15(19)11-7-8-12(20-4)14(22-6)13(11)21-5/h7-8H,9-10,17H2,1-6H3. The van der Waals surface area contributed by atoms with Gasteiger partial charge in [-0.1, -0.05) is 13.8 Å². The van der Waals surface area contributed by atoms with Gasteiger partial charge in [0.15, 0.2) is 11.5 Å². The van der Waals surface area contributed by atoms with Crippen LogP contribution in [0.2, 0.25) is 0 Å². The summed E-state index contributed by atoms with van der Waals surface area (Å²) in [6, 6.07) is 3.37. The lowest BCUT2D eigenvalue weighted by molar-refractivity contribution is 0.0736. The van der Waals surface area contributed by atoms with Crippen molar-refractivity contribution in [2.75, 3.05) is 41.5 Å². The van der Waals surface area contributed by atoms with Gasteiger partial charge in [0, 0.05) is 13.6 Å². The molecule has 6 nitrogen and oxygen atoms in total. The first-order valence-corrected chi connectivity index (χ1v) is 7.05. The minimum absolute atomic E-state index is 0.153. The zero-order chi connectivity index (χ0) is 16.9. The Hall–Kier alpha value is -1.95. The van der Waals surface area contributed by atoms with Crippen molar-refractivity contribution in [3.05, 3.63) is 17.7 Å². The maximum absolute atomic E-state index is 12.7. The number of hydrogen-bond donors (Lipinski definition) is 1. The molecule has 0 bridgehead atoms. The number of hydrogen-bond acceptors (Lipinski definition) is 5. The SMILES string of the molecule is COc1ccc(C(=O)N(C)CC(C)(C)CN)c(OC)c1OC. The van der Waals surface area contributed by atoms with Crippen LogP contribution in [0.15, 0.2) is 12.1 Å². The maximum atomic E-state index is 12.7. The van der Waals surface area contributed by atoms with E-state index in [0.717, 1.165) is 0 Å². The second-order valence-corrected chi connectivity index (χ2v) is 5.91. The van der Waals surface area contributed by atoms with E-state index in [0.29, 0.717) is 35.9 Å². The third-order valence-corrected chi connectivity index (χ3v) is 3.50. The van der Waals surface area contributed by atoms with Crippen molar-refractivity contribution in [3.8, 4) is 17.2 Å². The summed E-state index contributed by atoms with van der Waals surface area (Å²) in [4.78, 5) is 14.3. The van der Waals surface area contributed by atoms with E-state index >= 15 is 0 Å². The summed E-state index contributed by atoms with van der Waals surface area (Å²) in [6.45, 7) is 5.07. The monoisotopic (exact) mass is 310 g/mol. The van der Waals surface area contributed by atoms with Crippen molar-refractivity contribution in [3.63, 3.8) is 0 Å². The number of nitrogens with zero attached hydrogens (tertiary/aromatic N) is 1. The average molecular weight is 310 g/mol. The molecule has 0 radical (unpaired) electrons. The molecule has 1 aromatic carbocycles. The van der Waals surface area contributed by atoms with Gasteiger partial charge in [0.25, 0.3) is 5.91 Å². The highest BCUT2D eigenvalue weighted by atomic mass is 16.5. The van der Waals surface area contributed by atoms with E-state index in [-0.39, 0.29) is 11.3 Å². The van der Waals surface area contributed by atoms with Gasteiger partial charge in [-0.15, -0.1) is 0 Å².